The lowest BCUT2D eigenvalue weighted by Crippen LogP contribution is -2.56. The number of hydrogen-bond acceptors (Lipinski definition) is 3. The number of hydrogen-bond donors (Lipinski definition) is 0. The molecule has 1 aliphatic carbocycles. The lowest BCUT2D eigenvalue weighted by atomic mass is 9.90. The SMILES string of the molecule is O=C(OCC1c2ccccc2-c2ccccc21)N1C2C=C(c3cccc(Cl)c3)CC1COC2. The number of ether oxygens (including phenoxy) is 2. The number of halogens is 1. The lowest BCUT2D eigenvalue weighted by molar-refractivity contribution is -0.0331. The van der Waals surface area contributed by atoms with Crippen molar-refractivity contribution in [1.82, 2.24) is 4.90 Å². The van der Waals surface area contributed by atoms with Crippen LogP contribution in [0.4, 0.5) is 4.79 Å². The summed E-state index contributed by atoms with van der Waals surface area (Å²) in [5, 5.41) is 0.716. The molecule has 166 valence electrons. The number of carbonyl (C=O) groups excluding carboxylic acids is 1. The summed E-state index contributed by atoms with van der Waals surface area (Å²) in [6.07, 6.45) is 2.58. The van der Waals surface area contributed by atoms with Crippen molar-refractivity contribution in [3.8, 4) is 11.1 Å². The van der Waals surface area contributed by atoms with Crippen LogP contribution in [-0.4, -0.2) is 42.9 Å². The fourth-order valence-electron chi connectivity index (χ4n) is 5.45. The van der Waals surface area contributed by atoms with E-state index in [0.29, 0.717) is 24.8 Å². The van der Waals surface area contributed by atoms with E-state index < -0.39 is 0 Å². The van der Waals surface area contributed by atoms with Crippen molar-refractivity contribution in [3.63, 3.8) is 0 Å². The van der Waals surface area contributed by atoms with Gasteiger partial charge in [-0.1, -0.05) is 78.3 Å². The fourth-order valence-corrected chi connectivity index (χ4v) is 5.64. The quantitative estimate of drug-likeness (QED) is 0.473. The first-order valence-electron chi connectivity index (χ1n) is 11.4. The summed E-state index contributed by atoms with van der Waals surface area (Å²) in [5.41, 5.74) is 7.21. The molecule has 2 aliphatic heterocycles. The molecule has 0 saturated carbocycles. The van der Waals surface area contributed by atoms with Gasteiger partial charge in [0.2, 0.25) is 0 Å². The summed E-state index contributed by atoms with van der Waals surface area (Å²) >= 11 is 6.20. The van der Waals surface area contributed by atoms with Crippen LogP contribution in [0.25, 0.3) is 16.7 Å². The Bertz CT molecular complexity index is 1210. The highest BCUT2D eigenvalue weighted by Crippen LogP contribution is 2.44. The van der Waals surface area contributed by atoms with E-state index in [1.807, 2.05) is 35.2 Å². The lowest BCUT2D eigenvalue weighted by Gasteiger charge is -2.44. The van der Waals surface area contributed by atoms with Gasteiger partial charge in [-0.2, -0.15) is 0 Å². The fraction of sp³-hybridized carbons (Fsp3) is 0.250. The number of rotatable bonds is 3. The van der Waals surface area contributed by atoms with E-state index in [9.17, 15) is 4.79 Å². The smallest absolute Gasteiger partial charge is 0.410 e. The van der Waals surface area contributed by atoms with Crippen molar-refractivity contribution in [1.29, 1.82) is 0 Å². The minimum Gasteiger partial charge on any atom is -0.448 e. The van der Waals surface area contributed by atoms with Crippen LogP contribution in [0.5, 0.6) is 0 Å². The van der Waals surface area contributed by atoms with E-state index in [0.717, 1.165) is 12.0 Å². The Morgan fingerprint density at radius 1 is 0.970 bits per heavy atom. The van der Waals surface area contributed by atoms with Crippen LogP contribution in [0, 0.1) is 0 Å². The highest BCUT2D eigenvalue weighted by molar-refractivity contribution is 6.30. The first-order chi connectivity index (χ1) is 16.2. The van der Waals surface area contributed by atoms with Crippen LogP contribution in [0.3, 0.4) is 0 Å². The predicted octanol–water partition coefficient (Wildman–Crippen LogP) is 6.15. The van der Waals surface area contributed by atoms with E-state index in [1.54, 1.807) is 0 Å². The van der Waals surface area contributed by atoms with Crippen LogP contribution in [0.1, 0.15) is 29.0 Å². The Kier molecular flexibility index (Phi) is 5.20. The largest absolute Gasteiger partial charge is 0.448 e. The Hall–Kier alpha value is -3.08. The van der Waals surface area contributed by atoms with Crippen molar-refractivity contribution in [2.45, 2.75) is 24.4 Å². The normalized spacial score (nSPS) is 21.2. The van der Waals surface area contributed by atoms with E-state index in [4.69, 9.17) is 21.1 Å². The summed E-state index contributed by atoms with van der Waals surface area (Å²) in [7, 11) is 0. The first-order valence-corrected chi connectivity index (χ1v) is 11.7. The molecule has 33 heavy (non-hydrogen) atoms. The molecule has 3 aromatic rings. The number of benzene rings is 3. The Labute approximate surface area is 198 Å². The average Bonchev–Trinajstić information content (AvgIpc) is 3.15. The molecular formula is C28H24ClNO3. The minimum absolute atomic E-state index is 0.0432. The third-order valence-electron chi connectivity index (χ3n) is 6.94. The Balaban J connectivity index is 1.22. The second-order valence-electron chi connectivity index (χ2n) is 8.88. The molecule has 0 spiro atoms. The summed E-state index contributed by atoms with van der Waals surface area (Å²) in [6, 6.07) is 24.5. The van der Waals surface area contributed by atoms with Gasteiger partial charge in [0.1, 0.15) is 6.61 Å². The summed E-state index contributed by atoms with van der Waals surface area (Å²) < 4.78 is 11.7. The third kappa shape index (κ3) is 3.64. The predicted molar refractivity (Wildman–Crippen MR) is 129 cm³/mol. The number of amides is 1. The van der Waals surface area contributed by atoms with E-state index in [1.165, 1.54) is 27.8 Å². The van der Waals surface area contributed by atoms with Crippen molar-refractivity contribution >= 4 is 23.3 Å². The van der Waals surface area contributed by atoms with Crippen LogP contribution in [0.2, 0.25) is 5.02 Å². The maximum atomic E-state index is 13.3. The standard InChI is InChI=1S/C28H24ClNO3/c29-20-7-5-6-18(12-20)19-13-21-15-32-16-22(14-19)30(21)28(31)33-17-27-25-10-3-1-8-23(25)24-9-2-4-11-26(24)27/h1-13,21-22,27H,14-17H2. The zero-order valence-corrected chi connectivity index (χ0v) is 18.9. The summed E-state index contributed by atoms with van der Waals surface area (Å²) in [6.45, 7) is 1.32. The van der Waals surface area contributed by atoms with Gasteiger partial charge < -0.3 is 9.47 Å². The van der Waals surface area contributed by atoms with Crippen LogP contribution in [-0.2, 0) is 9.47 Å². The van der Waals surface area contributed by atoms with Gasteiger partial charge in [-0.05, 0) is 51.9 Å². The molecular weight excluding hydrogens is 434 g/mol. The Morgan fingerprint density at radius 3 is 2.39 bits per heavy atom. The molecule has 1 fully saturated rings. The average molecular weight is 458 g/mol. The molecule has 2 heterocycles. The van der Waals surface area contributed by atoms with Gasteiger partial charge in [0.05, 0.1) is 25.3 Å². The highest BCUT2D eigenvalue weighted by Gasteiger charge is 2.39. The van der Waals surface area contributed by atoms with Crippen LogP contribution < -0.4 is 0 Å². The monoisotopic (exact) mass is 457 g/mol. The minimum atomic E-state index is -0.267. The molecule has 0 N–H and O–H groups in total. The third-order valence-corrected chi connectivity index (χ3v) is 7.18. The van der Waals surface area contributed by atoms with Crippen LogP contribution in [0.15, 0.2) is 78.9 Å². The topological polar surface area (TPSA) is 38.8 Å². The molecule has 1 saturated heterocycles. The second kappa shape index (κ2) is 8.36. The molecule has 6 rings (SSSR count). The molecule has 0 radical (unpaired) electrons. The number of fused-ring (bicyclic) bond motifs is 5. The molecule has 2 bridgehead atoms. The number of carbonyl (C=O) groups is 1. The van der Waals surface area contributed by atoms with E-state index in [-0.39, 0.29) is 24.1 Å². The first kappa shape index (κ1) is 20.5. The highest BCUT2D eigenvalue weighted by atomic mass is 35.5. The molecule has 4 nitrogen and oxygen atoms in total. The van der Waals surface area contributed by atoms with Crippen molar-refractivity contribution in [2.24, 2.45) is 0 Å². The Morgan fingerprint density at radius 2 is 1.70 bits per heavy atom. The van der Waals surface area contributed by atoms with Crippen molar-refractivity contribution in [2.75, 3.05) is 19.8 Å². The second-order valence-corrected chi connectivity index (χ2v) is 9.31. The zero-order valence-electron chi connectivity index (χ0n) is 18.1. The van der Waals surface area contributed by atoms with E-state index in [2.05, 4.69) is 48.5 Å². The van der Waals surface area contributed by atoms with Crippen LogP contribution >= 0.6 is 11.6 Å². The summed E-state index contributed by atoms with van der Waals surface area (Å²) in [4.78, 5) is 15.2. The number of nitrogens with zero attached hydrogens (tertiary/aromatic N) is 1. The zero-order chi connectivity index (χ0) is 22.4. The van der Waals surface area contributed by atoms with Crippen molar-refractivity contribution < 1.29 is 14.3 Å². The van der Waals surface area contributed by atoms with Gasteiger partial charge in [0.25, 0.3) is 0 Å². The summed E-state index contributed by atoms with van der Waals surface area (Å²) in [5.74, 6) is 0.0554. The van der Waals surface area contributed by atoms with Gasteiger partial charge in [0.15, 0.2) is 0 Å². The van der Waals surface area contributed by atoms with Gasteiger partial charge in [0, 0.05) is 10.9 Å². The molecule has 1 amide bonds. The van der Waals surface area contributed by atoms with Gasteiger partial charge in [-0.15, -0.1) is 0 Å². The maximum absolute atomic E-state index is 13.3. The van der Waals surface area contributed by atoms with Crippen molar-refractivity contribution in [3.05, 3.63) is 101 Å². The van der Waals surface area contributed by atoms with Gasteiger partial charge >= 0.3 is 6.09 Å². The molecule has 0 aromatic heterocycles. The maximum Gasteiger partial charge on any atom is 0.410 e. The molecule has 2 unspecified atom stereocenters. The molecule has 3 aromatic carbocycles. The van der Waals surface area contributed by atoms with Gasteiger partial charge in [-0.25, -0.2) is 4.79 Å². The van der Waals surface area contributed by atoms with Gasteiger partial charge in [-0.3, -0.25) is 4.90 Å². The molecule has 3 aliphatic rings. The number of morpholine rings is 1. The molecule has 2 atom stereocenters. The van der Waals surface area contributed by atoms with E-state index >= 15 is 0 Å². The molecule has 5 heteroatoms.